The number of carbonyl (C=O) groups is 2. The molecule has 0 rings (SSSR count). The van der Waals surface area contributed by atoms with Crippen LogP contribution in [-0.2, 0) is 9.59 Å². The van der Waals surface area contributed by atoms with Crippen LogP contribution in [0.4, 0.5) is 0 Å². The molecule has 0 spiro atoms. The van der Waals surface area contributed by atoms with Crippen LogP contribution >= 0.6 is 0 Å². The van der Waals surface area contributed by atoms with Gasteiger partial charge in [0.1, 0.15) is 0 Å². The summed E-state index contributed by atoms with van der Waals surface area (Å²) in [6, 6.07) is 0. The molecule has 0 bridgehead atoms. The number of nitrogens with two attached hydrogens (primary N) is 1. The maximum absolute atomic E-state index is 11.3. The van der Waals surface area contributed by atoms with Gasteiger partial charge in [0.25, 0.3) is 0 Å². The van der Waals surface area contributed by atoms with Gasteiger partial charge in [0.2, 0.25) is 11.8 Å². The van der Waals surface area contributed by atoms with Crippen molar-refractivity contribution in [3.63, 3.8) is 0 Å². The van der Waals surface area contributed by atoms with Crippen LogP contribution in [0.1, 0.15) is 70.2 Å². The van der Waals surface area contributed by atoms with Gasteiger partial charge in [-0.1, -0.05) is 70.2 Å². The van der Waals surface area contributed by atoms with E-state index in [2.05, 4.69) is 33.0 Å². The van der Waals surface area contributed by atoms with Gasteiger partial charge >= 0.3 is 0 Å². The van der Waals surface area contributed by atoms with E-state index in [0.29, 0.717) is 23.7 Å². The minimum absolute atomic E-state index is 0. The molecular weight excluding hydrogens is 288 g/mol. The van der Waals surface area contributed by atoms with E-state index in [4.69, 9.17) is 5.73 Å². The summed E-state index contributed by atoms with van der Waals surface area (Å²) in [5, 5.41) is 2.69. The second-order valence-corrected chi connectivity index (χ2v) is 7.04. The van der Waals surface area contributed by atoms with Crippen LogP contribution < -0.4 is 11.1 Å². The molecule has 4 heteroatoms. The lowest BCUT2D eigenvalue weighted by Gasteiger charge is -2.22. The lowest BCUT2D eigenvalue weighted by Crippen LogP contribution is -2.34. The van der Waals surface area contributed by atoms with Crippen molar-refractivity contribution in [2.75, 3.05) is 7.05 Å². The normalized spacial score (nSPS) is 10.4. The molecule has 3 N–H and O–H groups in total. The summed E-state index contributed by atoms with van der Waals surface area (Å²) in [6.45, 7) is 16.4. The van der Waals surface area contributed by atoms with Gasteiger partial charge in [-0.3, -0.25) is 9.59 Å². The average molecular weight is 333 g/mol. The average Bonchev–Trinajstić information content (AvgIpc) is 2.26. The van der Waals surface area contributed by atoms with Gasteiger partial charge in [-0.25, -0.2) is 0 Å². The molecule has 0 radical (unpaired) electrons. The summed E-state index contributed by atoms with van der Waals surface area (Å²) in [6.07, 6.45) is 0. The highest BCUT2D eigenvalue weighted by atomic mass is 16.2. The predicted octanol–water partition coefficient (Wildman–Crippen LogP) is 4.33. The summed E-state index contributed by atoms with van der Waals surface area (Å²) in [7, 11) is 1.69. The Kier molecular flexibility index (Phi) is 18.9. The number of rotatable bonds is 6. The molecule has 2 amide bonds. The van der Waals surface area contributed by atoms with Crippen LogP contribution in [-0.4, -0.2) is 18.9 Å². The lowest BCUT2D eigenvalue weighted by atomic mass is 9.85. The first kappa shape index (κ1) is 29.9. The fourth-order valence-corrected chi connectivity index (χ4v) is 2.97. The van der Waals surface area contributed by atoms with Crippen molar-refractivity contribution in [2.24, 2.45) is 41.2 Å². The van der Waals surface area contributed by atoms with Crippen LogP contribution in [0, 0.1) is 35.5 Å². The maximum Gasteiger partial charge on any atom is 0.223 e. The molecule has 0 heterocycles. The Labute approximate surface area is 146 Å². The van der Waals surface area contributed by atoms with Crippen LogP contribution in [0.3, 0.4) is 0 Å². The topological polar surface area (TPSA) is 72.2 Å². The van der Waals surface area contributed by atoms with Gasteiger partial charge in [-0.15, -0.1) is 0 Å². The summed E-state index contributed by atoms with van der Waals surface area (Å²) in [4.78, 5) is 22.1. The lowest BCUT2D eigenvalue weighted by molar-refractivity contribution is -0.127. The number of primary amides is 1. The first-order valence-electron chi connectivity index (χ1n) is 7.98. The van der Waals surface area contributed by atoms with E-state index < -0.39 is 0 Å². The Bertz CT molecular complexity index is 294. The largest absolute Gasteiger partial charge is 0.369 e. The van der Waals surface area contributed by atoms with Crippen molar-refractivity contribution in [1.29, 1.82) is 0 Å². The Morgan fingerprint density at radius 3 is 1.00 bits per heavy atom. The van der Waals surface area contributed by atoms with Crippen molar-refractivity contribution in [3.8, 4) is 0 Å². The van der Waals surface area contributed by atoms with E-state index in [0.717, 1.165) is 0 Å². The number of hydrogen-bond acceptors (Lipinski definition) is 2. The first-order chi connectivity index (χ1) is 9.47. The highest BCUT2D eigenvalue weighted by molar-refractivity contribution is 5.78. The summed E-state index contributed by atoms with van der Waals surface area (Å²) in [5.74, 6) is 1.74. The smallest absolute Gasteiger partial charge is 0.223 e. The molecule has 0 fully saturated rings. The van der Waals surface area contributed by atoms with E-state index in [-0.39, 0.29) is 38.5 Å². The van der Waals surface area contributed by atoms with Crippen LogP contribution in [0.5, 0.6) is 0 Å². The SMILES string of the molecule is C.C.CC(C)C(C(N)=O)C(C)C.CNC(=O)C(C(C)C)C(C)C. The van der Waals surface area contributed by atoms with Crippen molar-refractivity contribution in [1.82, 2.24) is 5.32 Å². The van der Waals surface area contributed by atoms with Crippen molar-refractivity contribution < 1.29 is 9.59 Å². The molecule has 0 saturated carbocycles. The Hall–Kier alpha value is -1.06. The van der Waals surface area contributed by atoms with Crippen LogP contribution in [0.15, 0.2) is 0 Å². The molecule has 0 unspecified atom stereocenters. The fraction of sp³-hybridized carbons (Fsp3) is 0.895. The Morgan fingerprint density at radius 2 is 0.957 bits per heavy atom. The van der Waals surface area contributed by atoms with Crippen molar-refractivity contribution in [3.05, 3.63) is 0 Å². The zero-order chi connectivity index (χ0) is 17.3. The van der Waals surface area contributed by atoms with E-state index in [1.807, 2.05) is 27.7 Å². The second-order valence-electron chi connectivity index (χ2n) is 7.04. The minimum Gasteiger partial charge on any atom is -0.369 e. The molecule has 0 aliphatic carbocycles. The Balaban J connectivity index is -0.000000145. The van der Waals surface area contributed by atoms with Crippen LogP contribution in [0.2, 0.25) is 0 Å². The molecule has 0 aromatic heterocycles. The zero-order valence-electron chi connectivity index (χ0n) is 15.4. The standard InChI is InChI=1S/C9H19NO.C8H17NO.2CH4/c1-6(2)8(7(3)4)9(11)10-5;1-5(2)7(6(3)4)8(9)10;;/h6-8H,1-5H3,(H,10,11);5-7H,1-4H3,(H2,9,10);2*1H4. The zero-order valence-corrected chi connectivity index (χ0v) is 15.4. The predicted molar refractivity (Wildman–Crippen MR) is 103 cm³/mol. The Morgan fingerprint density at radius 1 is 0.696 bits per heavy atom. The van der Waals surface area contributed by atoms with E-state index in [1.54, 1.807) is 7.05 Å². The van der Waals surface area contributed by atoms with Gasteiger partial charge in [-0.05, 0) is 23.7 Å². The minimum atomic E-state index is -0.176. The maximum atomic E-state index is 11.3. The fourth-order valence-electron chi connectivity index (χ4n) is 2.97. The van der Waals surface area contributed by atoms with Crippen LogP contribution in [0.25, 0.3) is 0 Å². The molecule has 142 valence electrons. The third kappa shape index (κ3) is 12.1. The summed E-state index contributed by atoms with van der Waals surface area (Å²) >= 11 is 0. The first-order valence-corrected chi connectivity index (χ1v) is 7.98. The van der Waals surface area contributed by atoms with Gasteiger partial charge in [0, 0.05) is 18.9 Å². The highest BCUT2D eigenvalue weighted by Crippen LogP contribution is 2.20. The number of nitrogens with one attached hydrogen (secondary N) is 1. The van der Waals surface area contributed by atoms with Gasteiger partial charge in [0.15, 0.2) is 0 Å². The molecule has 4 nitrogen and oxygen atoms in total. The molecule has 0 aromatic rings. The number of carbonyl (C=O) groups excluding carboxylic acids is 2. The molecule has 0 saturated heterocycles. The monoisotopic (exact) mass is 332 g/mol. The molecular formula is C19H44N2O2. The second kappa shape index (κ2) is 14.5. The van der Waals surface area contributed by atoms with Gasteiger partial charge < -0.3 is 11.1 Å². The molecule has 0 aliphatic rings. The van der Waals surface area contributed by atoms with Crippen molar-refractivity contribution >= 4 is 11.8 Å². The van der Waals surface area contributed by atoms with E-state index in [9.17, 15) is 9.59 Å². The molecule has 0 aliphatic heterocycles. The van der Waals surface area contributed by atoms with E-state index in [1.165, 1.54) is 0 Å². The number of hydrogen-bond donors (Lipinski definition) is 2. The van der Waals surface area contributed by atoms with Gasteiger partial charge in [-0.2, -0.15) is 0 Å². The highest BCUT2D eigenvalue weighted by Gasteiger charge is 2.24. The van der Waals surface area contributed by atoms with E-state index >= 15 is 0 Å². The summed E-state index contributed by atoms with van der Waals surface area (Å²) < 4.78 is 0. The molecule has 0 aromatic carbocycles. The summed E-state index contributed by atoms with van der Waals surface area (Å²) in [5.41, 5.74) is 5.20. The quantitative estimate of drug-likeness (QED) is 0.759. The third-order valence-electron chi connectivity index (χ3n) is 3.75. The number of amides is 2. The molecule has 23 heavy (non-hydrogen) atoms. The third-order valence-corrected chi connectivity index (χ3v) is 3.75. The van der Waals surface area contributed by atoms with Crippen molar-refractivity contribution in [2.45, 2.75) is 70.2 Å². The molecule has 0 atom stereocenters. The van der Waals surface area contributed by atoms with Gasteiger partial charge in [0.05, 0.1) is 0 Å².